The predicted octanol–water partition coefficient (Wildman–Crippen LogP) is 3.23. The van der Waals surface area contributed by atoms with Crippen molar-refractivity contribution in [3.05, 3.63) is 28.8 Å². The summed E-state index contributed by atoms with van der Waals surface area (Å²) >= 11 is 0. The van der Waals surface area contributed by atoms with E-state index in [1.165, 1.54) is 16.7 Å². The molecule has 110 valence electrons. The highest BCUT2D eigenvalue weighted by atomic mass is 16.5. The number of piperidine rings is 1. The largest absolute Gasteiger partial charge is 0.493 e. The minimum Gasteiger partial charge on any atom is -0.493 e. The fourth-order valence-corrected chi connectivity index (χ4v) is 3.40. The molecule has 1 fully saturated rings. The second-order valence-electron chi connectivity index (χ2n) is 6.15. The highest BCUT2D eigenvalue weighted by molar-refractivity contribution is 5.48. The second-order valence-corrected chi connectivity index (χ2v) is 6.15. The Morgan fingerprint density at radius 3 is 2.75 bits per heavy atom. The summed E-state index contributed by atoms with van der Waals surface area (Å²) in [5.41, 5.74) is 4.01. The van der Waals surface area contributed by atoms with Gasteiger partial charge in [-0.2, -0.15) is 0 Å². The highest BCUT2D eigenvalue weighted by Gasteiger charge is 2.42. The summed E-state index contributed by atoms with van der Waals surface area (Å²) in [5.74, 6) is 1.03. The van der Waals surface area contributed by atoms with Crippen LogP contribution in [-0.4, -0.2) is 31.6 Å². The smallest absolute Gasteiger partial charge is 0.122 e. The van der Waals surface area contributed by atoms with Crippen molar-refractivity contribution in [1.82, 2.24) is 4.90 Å². The molecule has 2 aliphatic rings. The zero-order valence-electron chi connectivity index (χ0n) is 12.9. The molecule has 0 saturated carbocycles. The van der Waals surface area contributed by atoms with E-state index in [-0.39, 0.29) is 5.60 Å². The number of likely N-dealkylation sites (tertiary alicyclic amines) is 1. The lowest BCUT2D eigenvalue weighted by Crippen LogP contribution is -2.40. The number of ether oxygens (including phenoxy) is 2. The summed E-state index contributed by atoms with van der Waals surface area (Å²) in [6.45, 7) is 8.07. The van der Waals surface area contributed by atoms with Crippen LogP contribution in [0.25, 0.3) is 0 Å². The van der Waals surface area contributed by atoms with Crippen LogP contribution >= 0.6 is 0 Å². The summed E-state index contributed by atoms with van der Waals surface area (Å²) in [4.78, 5) is 2.39. The van der Waals surface area contributed by atoms with Crippen LogP contribution in [0.5, 0.6) is 5.75 Å². The minimum absolute atomic E-state index is 0.0319. The topological polar surface area (TPSA) is 21.7 Å². The van der Waals surface area contributed by atoms with Crippen LogP contribution in [0.15, 0.2) is 12.1 Å². The maximum Gasteiger partial charge on any atom is 0.122 e. The van der Waals surface area contributed by atoms with Gasteiger partial charge < -0.3 is 14.4 Å². The summed E-state index contributed by atoms with van der Waals surface area (Å²) in [7, 11) is 2.19. The number of nitrogens with zero attached hydrogens (tertiary/aromatic N) is 1. The molecule has 0 bridgehead atoms. The average molecular weight is 275 g/mol. The fourth-order valence-electron chi connectivity index (χ4n) is 3.40. The van der Waals surface area contributed by atoms with Gasteiger partial charge in [-0.25, -0.2) is 0 Å². The van der Waals surface area contributed by atoms with Crippen LogP contribution in [0.3, 0.4) is 0 Å². The third-order valence-corrected chi connectivity index (χ3v) is 4.79. The minimum atomic E-state index is -0.0319. The van der Waals surface area contributed by atoms with Gasteiger partial charge in [-0.1, -0.05) is 13.0 Å². The SMILES string of the molecule is CCCOc1ccc2c(c1C)COC21CCN(C)CC1. The average Bonchev–Trinajstić information content (AvgIpc) is 2.82. The molecule has 2 aliphatic heterocycles. The maximum atomic E-state index is 6.26. The van der Waals surface area contributed by atoms with Crippen molar-refractivity contribution in [1.29, 1.82) is 0 Å². The van der Waals surface area contributed by atoms with Gasteiger partial charge in [0.05, 0.1) is 18.8 Å². The van der Waals surface area contributed by atoms with E-state index >= 15 is 0 Å². The molecule has 20 heavy (non-hydrogen) atoms. The van der Waals surface area contributed by atoms with Crippen LogP contribution in [0, 0.1) is 6.92 Å². The van der Waals surface area contributed by atoms with Gasteiger partial charge in [-0.15, -0.1) is 0 Å². The molecule has 3 rings (SSSR count). The van der Waals surface area contributed by atoms with Crippen LogP contribution in [0.4, 0.5) is 0 Å². The third kappa shape index (κ3) is 2.23. The number of hydrogen-bond donors (Lipinski definition) is 0. The first-order valence-corrected chi connectivity index (χ1v) is 7.74. The van der Waals surface area contributed by atoms with Crippen molar-refractivity contribution < 1.29 is 9.47 Å². The molecule has 0 aliphatic carbocycles. The molecule has 3 heteroatoms. The zero-order valence-corrected chi connectivity index (χ0v) is 12.9. The molecule has 0 atom stereocenters. The van der Waals surface area contributed by atoms with E-state index in [0.717, 1.165) is 51.3 Å². The lowest BCUT2D eigenvalue weighted by atomic mass is 9.83. The number of fused-ring (bicyclic) bond motifs is 2. The van der Waals surface area contributed by atoms with Gasteiger partial charge in [0, 0.05) is 13.1 Å². The first-order chi connectivity index (χ1) is 9.66. The zero-order chi connectivity index (χ0) is 14.2. The Morgan fingerprint density at radius 1 is 1.30 bits per heavy atom. The van der Waals surface area contributed by atoms with Crippen LogP contribution < -0.4 is 4.74 Å². The van der Waals surface area contributed by atoms with E-state index in [0.29, 0.717) is 0 Å². The van der Waals surface area contributed by atoms with Crippen LogP contribution in [0.2, 0.25) is 0 Å². The monoisotopic (exact) mass is 275 g/mol. The molecule has 1 spiro atoms. The quantitative estimate of drug-likeness (QED) is 0.845. The van der Waals surface area contributed by atoms with Crippen LogP contribution in [0.1, 0.15) is 42.9 Å². The van der Waals surface area contributed by atoms with Gasteiger partial charge in [-0.05, 0) is 56.0 Å². The fraction of sp³-hybridized carbons (Fsp3) is 0.647. The van der Waals surface area contributed by atoms with Crippen molar-refractivity contribution in [2.45, 2.75) is 45.3 Å². The van der Waals surface area contributed by atoms with Crippen LogP contribution in [-0.2, 0) is 16.9 Å². The van der Waals surface area contributed by atoms with Gasteiger partial charge in [0.2, 0.25) is 0 Å². The molecule has 0 N–H and O–H groups in total. The molecular weight excluding hydrogens is 250 g/mol. The normalized spacial score (nSPS) is 21.1. The van der Waals surface area contributed by atoms with E-state index in [4.69, 9.17) is 9.47 Å². The van der Waals surface area contributed by atoms with Gasteiger partial charge >= 0.3 is 0 Å². The molecule has 2 heterocycles. The van der Waals surface area contributed by atoms with E-state index in [1.54, 1.807) is 0 Å². The summed E-state index contributed by atoms with van der Waals surface area (Å²) in [5, 5.41) is 0. The first kappa shape index (κ1) is 13.9. The Kier molecular flexibility index (Phi) is 3.74. The van der Waals surface area contributed by atoms with Crippen molar-refractivity contribution in [2.75, 3.05) is 26.7 Å². The molecule has 0 amide bonds. The van der Waals surface area contributed by atoms with Gasteiger partial charge in [-0.3, -0.25) is 0 Å². The first-order valence-electron chi connectivity index (χ1n) is 7.74. The number of benzene rings is 1. The predicted molar refractivity (Wildman–Crippen MR) is 80.2 cm³/mol. The second kappa shape index (κ2) is 5.38. The maximum absolute atomic E-state index is 6.26. The standard InChI is InChI=1S/C17H25NO2/c1-4-11-19-16-6-5-15-14(13(16)2)12-20-17(15)7-9-18(3)10-8-17/h5-6H,4,7-12H2,1-3H3. The molecule has 1 aromatic rings. The Balaban J connectivity index is 1.89. The Morgan fingerprint density at radius 2 is 2.05 bits per heavy atom. The summed E-state index contributed by atoms with van der Waals surface area (Å²) < 4.78 is 12.1. The van der Waals surface area contributed by atoms with Crippen molar-refractivity contribution in [3.63, 3.8) is 0 Å². The molecule has 1 aromatic carbocycles. The van der Waals surface area contributed by atoms with E-state index in [2.05, 4.69) is 37.9 Å². The van der Waals surface area contributed by atoms with Gasteiger partial charge in [0.1, 0.15) is 5.75 Å². The Labute approximate surface area is 121 Å². The number of rotatable bonds is 3. The lowest BCUT2D eigenvalue weighted by molar-refractivity contribution is -0.0755. The molecule has 0 radical (unpaired) electrons. The van der Waals surface area contributed by atoms with Gasteiger partial charge in [0.25, 0.3) is 0 Å². The number of hydrogen-bond acceptors (Lipinski definition) is 3. The molecule has 0 aromatic heterocycles. The third-order valence-electron chi connectivity index (χ3n) is 4.79. The summed E-state index contributed by atoms with van der Waals surface area (Å²) in [6, 6.07) is 4.38. The van der Waals surface area contributed by atoms with Crippen molar-refractivity contribution in [3.8, 4) is 5.75 Å². The van der Waals surface area contributed by atoms with E-state index < -0.39 is 0 Å². The van der Waals surface area contributed by atoms with Gasteiger partial charge in [0.15, 0.2) is 0 Å². The Bertz CT molecular complexity index is 490. The Hall–Kier alpha value is -1.06. The van der Waals surface area contributed by atoms with E-state index in [9.17, 15) is 0 Å². The lowest BCUT2D eigenvalue weighted by Gasteiger charge is -2.37. The van der Waals surface area contributed by atoms with Crippen molar-refractivity contribution >= 4 is 0 Å². The molecule has 3 nitrogen and oxygen atoms in total. The summed E-state index contributed by atoms with van der Waals surface area (Å²) in [6.07, 6.45) is 3.25. The molecule has 0 unspecified atom stereocenters. The molecule has 1 saturated heterocycles. The van der Waals surface area contributed by atoms with Crippen molar-refractivity contribution in [2.24, 2.45) is 0 Å². The molecular formula is C17H25NO2. The highest BCUT2D eigenvalue weighted by Crippen LogP contribution is 2.46. The van der Waals surface area contributed by atoms with E-state index in [1.807, 2.05) is 0 Å².